The van der Waals surface area contributed by atoms with Gasteiger partial charge < -0.3 is 4.74 Å². The van der Waals surface area contributed by atoms with Gasteiger partial charge in [0.15, 0.2) is 0 Å². The average molecular weight is 336 g/mol. The number of hydroxylamine groups is 1. The van der Waals surface area contributed by atoms with Crippen molar-refractivity contribution in [3.63, 3.8) is 0 Å². The normalized spacial score (nSPS) is 24.5. The molecule has 2 N–H and O–H groups in total. The fourth-order valence-corrected chi connectivity index (χ4v) is 3.80. The van der Waals surface area contributed by atoms with Crippen molar-refractivity contribution in [1.29, 1.82) is 0 Å². The Morgan fingerprint density at radius 3 is 2.96 bits per heavy atom. The smallest absolute Gasteiger partial charge is 0.274 e. The van der Waals surface area contributed by atoms with Crippen LogP contribution in [0.1, 0.15) is 54.1 Å². The quantitative estimate of drug-likeness (QED) is 0.655. The van der Waals surface area contributed by atoms with Gasteiger partial charge in [0, 0.05) is 31.3 Å². The summed E-state index contributed by atoms with van der Waals surface area (Å²) in [5.41, 5.74) is 3.24. The molecule has 132 valence electrons. The molecule has 5 nitrogen and oxygen atoms in total. The van der Waals surface area contributed by atoms with Crippen LogP contribution in [-0.4, -0.2) is 41.3 Å². The van der Waals surface area contributed by atoms with Crippen molar-refractivity contribution in [2.24, 2.45) is 0 Å². The summed E-state index contributed by atoms with van der Waals surface area (Å²) in [5.74, 6) is -1.05. The minimum atomic E-state index is -0.684. The lowest BCUT2D eigenvalue weighted by molar-refractivity contribution is -0.0182. The number of halogens is 1. The molecule has 0 spiro atoms. The highest BCUT2D eigenvalue weighted by molar-refractivity contribution is 5.93. The van der Waals surface area contributed by atoms with Gasteiger partial charge in [-0.25, -0.2) is 9.87 Å². The van der Waals surface area contributed by atoms with Crippen molar-refractivity contribution in [1.82, 2.24) is 10.4 Å². The number of nitrogens with zero attached hydrogens (tertiary/aromatic N) is 1. The van der Waals surface area contributed by atoms with E-state index in [1.54, 1.807) is 11.5 Å². The highest BCUT2D eigenvalue weighted by Gasteiger charge is 2.30. The fraction of sp³-hybridized carbons (Fsp3) is 0.611. The highest BCUT2D eigenvalue weighted by atomic mass is 19.1. The third-order valence-corrected chi connectivity index (χ3v) is 5.16. The molecule has 0 bridgehead atoms. The third kappa shape index (κ3) is 3.61. The summed E-state index contributed by atoms with van der Waals surface area (Å²) in [4.78, 5) is 14.0. The average Bonchev–Trinajstić information content (AvgIpc) is 2.61. The second kappa shape index (κ2) is 7.59. The molecule has 3 rings (SSSR count). The topological polar surface area (TPSA) is 61.8 Å². The summed E-state index contributed by atoms with van der Waals surface area (Å²) in [6.07, 6.45) is 5.22. The highest BCUT2D eigenvalue weighted by Crippen LogP contribution is 2.29. The monoisotopic (exact) mass is 336 g/mol. The van der Waals surface area contributed by atoms with Gasteiger partial charge in [-0.3, -0.25) is 14.9 Å². The van der Waals surface area contributed by atoms with Gasteiger partial charge in [0.25, 0.3) is 5.91 Å². The van der Waals surface area contributed by atoms with Crippen molar-refractivity contribution >= 4 is 5.91 Å². The Morgan fingerprint density at radius 1 is 1.46 bits per heavy atom. The van der Waals surface area contributed by atoms with Crippen molar-refractivity contribution in [2.75, 3.05) is 13.2 Å². The van der Waals surface area contributed by atoms with Crippen molar-refractivity contribution in [3.8, 4) is 0 Å². The molecule has 1 amide bonds. The number of hydrogen-bond donors (Lipinski definition) is 2. The molecular formula is C18H25FN2O3. The number of ether oxygens (including phenoxy) is 1. The van der Waals surface area contributed by atoms with Gasteiger partial charge in [-0.2, -0.15) is 0 Å². The summed E-state index contributed by atoms with van der Waals surface area (Å²) in [7, 11) is 0. The van der Waals surface area contributed by atoms with E-state index in [9.17, 15) is 9.18 Å². The van der Waals surface area contributed by atoms with Gasteiger partial charge in [0.1, 0.15) is 5.82 Å². The molecule has 1 aromatic rings. The standard InChI is InChI=1S/C18H25FN2O3/c1-2-14-9-16-13(7-12(8-17(16)19)18(22)20-23)10-21(14)11-15-5-3-4-6-24-15/h7-8,14-15,23H,2-6,9-11H2,1H3,(H,20,22)/t14-,15+/m1/s1. The lowest BCUT2D eigenvalue weighted by Crippen LogP contribution is -2.45. The number of rotatable bonds is 4. The van der Waals surface area contributed by atoms with Crippen LogP contribution in [0.4, 0.5) is 4.39 Å². The maximum Gasteiger partial charge on any atom is 0.274 e. The van der Waals surface area contributed by atoms with E-state index in [0.717, 1.165) is 38.0 Å². The molecule has 2 aliphatic heterocycles. The van der Waals surface area contributed by atoms with Crippen molar-refractivity contribution < 1.29 is 19.1 Å². The number of hydrogen-bond acceptors (Lipinski definition) is 4. The second-order valence-electron chi connectivity index (χ2n) is 6.72. The minimum absolute atomic E-state index is 0.151. The van der Waals surface area contributed by atoms with Gasteiger partial charge in [0.2, 0.25) is 0 Å². The van der Waals surface area contributed by atoms with Gasteiger partial charge in [-0.05, 0) is 55.4 Å². The molecule has 0 unspecified atom stereocenters. The van der Waals surface area contributed by atoms with Crippen LogP contribution in [0.5, 0.6) is 0 Å². The first kappa shape index (κ1) is 17.3. The first-order valence-corrected chi connectivity index (χ1v) is 8.73. The van der Waals surface area contributed by atoms with E-state index in [0.29, 0.717) is 18.5 Å². The van der Waals surface area contributed by atoms with Crippen molar-refractivity contribution in [2.45, 2.75) is 57.7 Å². The molecule has 1 fully saturated rings. The predicted octanol–water partition coefficient (Wildman–Crippen LogP) is 2.65. The van der Waals surface area contributed by atoms with Crippen LogP contribution in [-0.2, 0) is 17.7 Å². The Balaban J connectivity index is 1.82. The number of carbonyl (C=O) groups is 1. The first-order valence-electron chi connectivity index (χ1n) is 8.73. The van der Waals surface area contributed by atoms with E-state index in [4.69, 9.17) is 9.94 Å². The van der Waals surface area contributed by atoms with Crippen LogP contribution >= 0.6 is 0 Å². The molecule has 2 aliphatic rings. The molecule has 1 saturated heterocycles. The Morgan fingerprint density at radius 2 is 2.29 bits per heavy atom. The Labute approximate surface area is 141 Å². The lowest BCUT2D eigenvalue weighted by Gasteiger charge is -2.39. The molecule has 0 saturated carbocycles. The lowest BCUT2D eigenvalue weighted by atomic mass is 9.90. The van der Waals surface area contributed by atoms with Crippen LogP contribution in [0.25, 0.3) is 0 Å². The zero-order valence-electron chi connectivity index (χ0n) is 14.1. The van der Waals surface area contributed by atoms with Crippen LogP contribution < -0.4 is 5.48 Å². The summed E-state index contributed by atoms with van der Waals surface area (Å²) >= 11 is 0. The number of fused-ring (bicyclic) bond motifs is 1. The molecule has 6 heteroatoms. The van der Waals surface area contributed by atoms with E-state index in [-0.39, 0.29) is 23.5 Å². The Kier molecular flexibility index (Phi) is 5.48. The van der Waals surface area contributed by atoms with E-state index < -0.39 is 5.91 Å². The number of carbonyl (C=O) groups excluding carboxylic acids is 1. The van der Waals surface area contributed by atoms with Crippen LogP contribution in [0.3, 0.4) is 0 Å². The van der Waals surface area contributed by atoms with Crippen LogP contribution in [0, 0.1) is 5.82 Å². The number of benzene rings is 1. The summed E-state index contributed by atoms with van der Waals surface area (Å²) in [6.45, 7) is 4.39. The van der Waals surface area contributed by atoms with E-state index >= 15 is 0 Å². The second-order valence-corrected chi connectivity index (χ2v) is 6.72. The fourth-order valence-electron chi connectivity index (χ4n) is 3.80. The molecule has 24 heavy (non-hydrogen) atoms. The van der Waals surface area contributed by atoms with E-state index in [1.165, 1.54) is 12.5 Å². The van der Waals surface area contributed by atoms with Gasteiger partial charge in [-0.15, -0.1) is 0 Å². The predicted molar refractivity (Wildman–Crippen MR) is 87.4 cm³/mol. The zero-order chi connectivity index (χ0) is 17.1. The molecule has 0 radical (unpaired) electrons. The number of amides is 1. The summed E-state index contributed by atoms with van der Waals surface area (Å²) in [6, 6.07) is 3.18. The molecule has 0 aromatic heterocycles. The van der Waals surface area contributed by atoms with Gasteiger partial charge >= 0.3 is 0 Å². The maximum atomic E-state index is 14.4. The first-order chi connectivity index (χ1) is 11.6. The molecule has 2 atom stereocenters. The summed E-state index contributed by atoms with van der Waals surface area (Å²) in [5, 5.41) is 8.78. The maximum absolute atomic E-state index is 14.4. The minimum Gasteiger partial charge on any atom is -0.377 e. The van der Waals surface area contributed by atoms with E-state index in [2.05, 4.69) is 11.8 Å². The molecule has 2 heterocycles. The van der Waals surface area contributed by atoms with Crippen LogP contribution in [0.15, 0.2) is 12.1 Å². The molecule has 0 aliphatic carbocycles. The van der Waals surface area contributed by atoms with Gasteiger partial charge in [0.05, 0.1) is 6.10 Å². The Hall–Kier alpha value is -1.50. The Bertz CT molecular complexity index is 602. The largest absolute Gasteiger partial charge is 0.377 e. The van der Waals surface area contributed by atoms with Crippen LogP contribution in [0.2, 0.25) is 0 Å². The molecular weight excluding hydrogens is 311 g/mol. The summed E-state index contributed by atoms with van der Waals surface area (Å²) < 4.78 is 20.3. The van der Waals surface area contributed by atoms with Crippen molar-refractivity contribution in [3.05, 3.63) is 34.6 Å². The number of nitrogens with one attached hydrogen (secondary N) is 1. The SMILES string of the molecule is CC[C@@H]1Cc2c(F)cc(C(=O)NO)cc2CN1C[C@@H]1CCCCO1. The zero-order valence-corrected chi connectivity index (χ0v) is 14.1. The van der Waals surface area contributed by atoms with E-state index in [1.807, 2.05) is 0 Å². The third-order valence-electron chi connectivity index (χ3n) is 5.16. The molecule has 1 aromatic carbocycles. The van der Waals surface area contributed by atoms with Gasteiger partial charge in [-0.1, -0.05) is 6.92 Å².